The number of halogens is 1. The largest absolute Gasteiger partial charge is 0.492 e. The lowest BCUT2D eigenvalue weighted by molar-refractivity contribution is -0.0928. The Labute approximate surface area is 189 Å². The Balaban J connectivity index is 1.60. The Kier molecular flexibility index (Phi) is 5.93. The monoisotopic (exact) mass is 453 g/mol. The van der Waals surface area contributed by atoms with Gasteiger partial charge in [0.25, 0.3) is 5.91 Å². The number of amides is 1. The van der Waals surface area contributed by atoms with Crippen LogP contribution in [0.5, 0.6) is 5.75 Å². The van der Waals surface area contributed by atoms with E-state index in [9.17, 15) is 9.18 Å². The summed E-state index contributed by atoms with van der Waals surface area (Å²) in [7, 11) is 1.40. The van der Waals surface area contributed by atoms with Crippen molar-refractivity contribution < 1.29 is 23.4 Å². The van der Waals surface area contributed by atoms with Crippen molar-refractivity contribution in [2.24, 2.45) is 0 Å². The van der Waals surface area contributed by atoms with Crippen molar-refractivity contribution >= 4 is 17.3 Å². The number of fused-ring (bicyclic) bond motifs is 1. The summed E-state index contributed by atoms with van der Waals surface area (Å²) in [5.74, 6) is -0.694. The van der Waals surface area contributed by atoms with Crippen LogP contribution in [0.4, 0.5) is 15.8 Å². The van der Waals surface area contributed by atoms with Crippen LogP contribution in [-0.4, -0.2) is 60.4 Å². The molecule has 0 aliphatic carbocycles. The van der Waals surface area contributed by atoms with Gasteiger partial charge in [-0.05, 0) is 24.6 Å². The molecule has 172 valence electrons. The van der Waals surface area contributed by atoms with Gasteiger partial charge in [0.1, 0.15) is 6.33 Å². The minimum Gasteiger partial charge on any atom is -0.492 e. The lowest BCUT2D eigenvalue weighted by Crippen LogP contribution is -2.38. The molecule has 0 radical (unpaired) electrons. The predicted octanol–water partition coefficient (Wildman–Crippen LogP) is 3.00. The zero-order chi connectivity index (χ0) is 22.8. The Bertz CT molecular complexity index is 1150. The Morgan fingerprint density at radius 1 is 1.30 bits per heavy atom. The van der Waals surface area contributed by atoms with Crippen LogP contribution >= 0.6 is 0 Å². The average molecular weight is 453 g/mol. The number of rotatable bonds is 6. The number of aromatic nitrogens is 3. The molecule has 10 heteroatoms. The molecule has 2 aromatic heterocycles. The molecule has 2 aliphatic rings. The number of nitrogens with zero attached hydrogens (tertiary/aromatic N) is 2. The fourth-order valence-corrected chi connectivity index (χ4v) is 4.36. The third-order valence-corrected chi connectivity index (χ3v) is 5.87. The van der Waals surface area contributed by atoms with Crippen LogP contribution < -0.4 is 15.4 Å². The molecule has 0 saturated carbocycles. The van der Waals surface area contributed by atoms with Crippen LogP contribution in [0.3, 0.4) is 0 Å². The molecule has 1 saturated heterocycles. The topological polar surface area (TPSA) is 110 Å². The number of methoxy groups -OCH3 is 1. The Morgan fingerprint density at radius 3 is 2.97 bits per heavy atom. The summed E-state index contributed by atoms with van der Waals surface area (Å²) < 4.78 is 31.0. The van der Waals surface area contributed by atoms with Crippen LogP contribution in [0.15, 0.2) is 36.8 Å². The van der Waals surface area contributed by atoms with E-state index in [0.29, 0.717) is 61.1 Å². The lowest BCUT2D eigenvalue weighted by atomic mass is 9.91. The molecule has 2 aliphatic heterocycles. The smallest absolute Gasteiger partial charge is 0.255 e. The van der Waals surface area contributed by atoms with Crippen LogP contribution in [-0.2, 0) is 9.47 Å². The molecule has 33 heavy (non-hydrogen) atoms. The number of benzene rings is 1. The van der Waals surface area contributed by atoms with Crippen molar-refractivity contribution in [3.05, 3.63) is 53.9 Å². The van der Waals surface area contributed by atoms with E-state index in [-0.39, 0.29) is 23.7 Å². The van der Waals surface area contributed by atoms with Gasteiger partial charge in [-0.15, -0.1) is 0 Å². The number of para-hydroxylation sites is 1. The molecule has 2 atom stereocenters. The van der Waals surface area contributed by atoms with E-state index in [0.717, 1.165) is 5.69 Å². The van der Waals surface area contributed by atoms with Crippen LogP contribution in [0, 0.1) is 5.82 Å². The first-order chi connectivity index (χ1) is 16.2. The van der Waals surface area contributed by atoms with Gasteiger partial charge >= 0.3 is 0 Å². The number of aromatic amines is 1. The highest BCUT2D eigenvalue weighted by Crippen LogP contribution is 2.42. The molecule has 0 spiro atoms. The zero-order valence-corrected chi connectivity index (χ0v) is 18.1. The number of nitrogens with one attached hydrogen (secondary N) is 3. The number of hydrogen-bond donors (Lipinski definition) is 3. The van der Waals surface area contributed by atoms with Crippen molar-refractivity contribution in [2.45, 2.75) is 18.4 Å². The van der Waals surface area contributed by atoms with E-state index in [2.05, 4.69) is 25.6 Å². The van der Waals surface area contributed by atoms with Gasteiger partial charge < -0.3 is 29.8 Å². The lowest BCUT2D eigenvalue weighted by Gasteiger charge is -2.29. The SMILES string of the molecule is COc1c(F)cccc1Nc1c(-c2ccncn2)[nH]c2c1C(=O)NC[C@@H]2C[C@@H]1COCCO1. The first kappa shape index (κ1) is 21.4. The predicted molar refractivity (Wildman–Crippen MR) is 118 cm³/mol. The van der Waals surface area contributed by atoms with E-state index >= 15 is 0 Å². The quantitative estimate of drug-likeness (QED) is 0.526. The fraction of sp³-hybridized carbons (Fsp3) is 0.348. The summed E-state index contributed by atoms with van der Waals surface area (Å²) in [6, 6.07) is 6.33. The molecule has 4 heterocycles. The summed E-state index contributed by atoms with van der Waals surface area (Å²) in [5, 5.41) is 6.20. The van der Waals surface area contributed by atoms with Crippen molar-refractivity contribution in [3.8, 4) is 17.1 Å². The van der Waals surface area contributed by atoms with Crippen molar-refractivity contribution in [3.63, 3.8) is 0 Å². The number of hydrogen-bond acceptors (Lipinski definition) is 7. The summed E-state index contributed by atoms with van der Waals surface area (Å²) in [6.45, 7) is 2.13. The highest BCUT2D eigenvalue weighted by molar-refractivity contribution is 6.06. The minimum absolute atomic E-state index is 0.0186. The standard InChI is InChI=1S/C23H24FN5O4/c1-31-22-15(24)3-2-4-17(22)28-21-18-19(29-20(21)16-5-6-25-12-27-16)13(10-26-23(18)30)9-14-11-32-7-8-33-14/h2-6,12-14,28-29H,7-11H2,1H3,(H,26,30)/t13-,14+/m0/s1. The third-order valence-electron chi connectivity index (χ3n) is 5.87. The van der Waals surface area contributed by atoms with Crippen molar-refractivity contribution in [1.82, 2.24) is 20.3 Å². The number of anilines is 2. The summed E-state index contributed by atoms with van der Waals surface area (Å²) in [5.41, 5.74) is 3.34. The number of carbonyl (C=O) groups excluding carboxylic acids is 1. The number of carbonyl (C=O) groups is 1. The van der Waals surface area contributed by atoms with Crippen LogP contribution in [0.2, 0.25) is 0 Å². The Morgan fingerprint density at radius 2 is 2.21 bits per heavy atom. The molecule has 0 unspecified atom stereocenters. The van der Waals surface area contributed by atoms with Gasteiger partial charge in [-0.2, -0.15) is 0 Å². The average Bonchev–Trinajstić information content (AvgIpc) is 3.23. The van der Waals surface area contributed by atoms with Crippen molar-refractivity contribution in [2.75, 3.05) is 38.8 Å². The molecule has 3 aromatic rings. The molecule has 1 aromatic carbocycles. The van der Waals surface area contributed by atoms with Gasteiger partial charge in [-0.1, -0.05) is 6.07 Å². The zero-order valence-electron chi connectivity index (χ0n) is 18.1. The molecule has 9 nitrogen and oxygen atoms in total. The highest BCUT2D eigenvalue weighted by atomic mass is 19.1. The molecule has 3 N–H and O–H groups in total. The van der Waals surface area contributed by atoms with Gasteiger partial charge in [0.15, 0.2) is 11.6 Å². The van der Waals surface area contributed by atoms with Crippen molar-refractivity contribution in [1.29, 1.82) is 0 Å². The molecular formula is C23H24FN5O4. The van der Waals surface area contributed by atoms with Gasteiger partial charge in [-0.25, -0.2) is 14.4 Å². The molecule has 0 bridgehead atoms. The van der Waals surface area contributed by atoms with E-state index in [1.807, 2.05) is 0 Å². The molecule has 1 fully saturated rings. The normalized spacial score (nSPS) is 20.1. The summed E-state index contributed by atoms with van der Waals surface area (Å²) in [4.78, 5) is 24.8. The molecule has 1 amide bonds. The van der Waals surface area contributed by atoms with Gasteiger partial charge in [0.2, 0.25) is 0 Å². The van der Waals surface area contributed by atoms with E-state index < -0.39 is 5.82 Å². The summed E-state index contributed by atoms with van der Waals surface area (Å²) in [6.07, 6.45) is 3.68. The second kappa shape index (κ2) is 9.16. The third kappa shape index (κ3) is 4.14. The maximum atomic E-state index is 14.3. The first-order valence-corrected chi connectivity index (χ1v) is 10.7. The first-order valence-electron chi connectivity index (χ1n) is 10.7. The highest BCUT2D eigenvalue weighted by Gasteiger charge is 2.35. The maximum Gasteiger partial charge on any atom is 0.255 e. The van der Waals surface area contributed by atoms with Gasteiger partial charge in [0, 0.05) is 24.4 Å². The Hall–Kier alpha value is -3.50. The number of H-pyrrole nitrogens is 1. The second-order valence-corrected chi connectivity index (χ2v) is 7.91. The summed E-state index contributed by atoms with van der Waals surface area (Å²) >= 11 is 0. The van der Waals surface area contributed by atoms with Crippen LogP contribution in [0.1, 0.15) is 28.4 Å². The molecule has 5 rings (SSSR count). The fourth-order valence-electron chi connectivity index (χ4n) is 4.36. The van der Waals surface area contributed by atoms with Crippen LogP contribution in [0.25, 0.3) is 11.4 Å². The van der Waals surface area contributed by atoms with E-state index in [4.69, 9.17) is 14.2 Å². The van der Waals surface area contributed by atoms with Gasteiger partial charge in [-0.3, -0.25) is 4.79 Å². The van der Waals surface area contributed by atoms with Gasteiger partial charge in [0.05, 0.1) is 61.4 Å². The minimum atomic E-state index is -0.507. The van der Waals surface area contributed by atoms with E-state index in [1.54, 1.807) is 24.4 Å². The maximum absolute atomic E-state index is 14.3. The molecular weight excluding hydrogens is 429 g/mol. The van der Waals surface area contributed by atoms with E-state index in [1.165, 1.54) is 19.5 Å². The number of ether oxygens (including phenoxy) is 3. The second-order valence-electron chi connectivity index (χ2n) is 7.91.